The van der Waals surface area contributed by atoms with Crippen LogP contribution in [-0.4, -0.2) is 31.7 Å². The molecule has 0 atom stereocenters. The number of halogens is 9. The summed E-state index contributed by atoms with van der Waals surface area (Å²) in [7, 11) is -6.84. The highest BCUT2D eigenvalue weighted by molar-refractivity contribution is 7.88. The van der Waals surface area contributed by atoms with Gasteiger partial charge >= 0.3 is 33.4 Å². The summed E-state index contributed by atoms with van der Waals surface area (Å²) >= 11 is 0. The molecular weight excluding hydrogens is 371 g/mol. The lowest BCUT2D eigenvalue weighted by molar-refractivity contribution is -0.382. The Balaban J connectivity index is 3.27. The van der Waals surface area contributed by atoms with Crippen molar-refractivity contribution >= 4 is 10.1 Å². The van der Waals surface area contributed by atoms with Gasteiger partial charge in [0.25, 0.3) is 0 Å². The molecule has 0 spiro atoms. The van der Waals surface area contributed by atoms with Crippen LogP contribution in [0.4, 0.5) is 39.5 Å². The van der Waals surface area contributed by atoms with Crippen molar-refractivity contribution in [2.75, 3.05) is 0 Å². The van der Waals surface area contributed by atoms with Crippen LogP contribution in [0.15, 0.2) is 24.0 Å². The maximum atomic E-state index is 13.3. The highest BCUT2D eigenvalue weighted by Crippen LogP contribution is 2.55. The van der Waals surface area contributed by atoms with Crippen LogP contribution < -0.4 is 0 Å². The van der Waals surface area contributed by atoms with Crippen molar-refractivity contribution < 1.29 is 52.1 Å². The Morgan fingerprint density at radius 1 is 0.870 bits per heavy atom. The van der Waals surface area contributed by atoms with E-state index in [1.54, 1.807) is 0 Å². The molecule has 1 aliphatic carbocycles. The fourth-order valence-corrected chi connectivity index (χ4v) is 2.27. The lowest BCUT2D eigenvalue weighted by Gasteiger charge is -2.32. The van der Waals surface area contributed by atoms with Gasteiger partial charge in [0.15, 0.2) is 0 Å². The van der Waals surface area contributed by atoms with E-state index in [0.717, 1.165) is 12.2 Å². The Kier molecular flexibility index (Phi) is 4.78. The standard InChI is InChI=1S/C10H7F9O3S/c11-7(12,9(15,16)17)8(13,14)10(18,19)23(20,21)22-6-4-2-1-3-5-6/h2,4-5H,1,3H2. The van der Waals surface area contributed by atoms with Gasteiger partial charge in [-0.1, -0.05) is 6.08 Å². The van der Waals surface area contributed by atoms with Gasteiger partial charge in [-0.3, -0.25) is 0 Å². The van der Waals surface area contributed by atoms with E-state index in [2.05, 4.69) is 4.18 Å². The maximum absolute atomic E-state index is 13.3. The predicted molar refractivity (Wildman–Crippen MR) is 57.4 cm³/mol. The summed E-state index contributed by atoms with van der Waals surface area (Å²) in [4.78, 5) is 0. The van der Waals surface area contributed by atoms with E-state index >= 15 is 0 Å². The van der Waals surface area contributed by atoms with Crippen molar-refractivity contribution in [1.29, 1.82) is 0 Å². The van der Waals surface area contributed by atoms with Crippen LogP contribution in [0.3, 0.4) is 0 Å². The average molecular weight is 378 g/mol. The van der Waals surface area contributed by atoms with Gasteiger partial charge in [-0.15, -0.1) is 0 Å². The van der Waals surface area contributed by atoms with Crippen molar-refractivity contribution in [2.45, 2.75) is 36.1 Å². The SMILES string of the molecule is O=S(=O)(OC1=CCCC=C1)C(F)(F)C(F)(F)C(F)(F)C(F)(F)F. The maximum Gasteiger partial charge on any atom is 0.460 e. The second-order valence-electron chi connectivity index (χ2n) is 4.29. The first kappa shape index (κ1) is 19.6. The third-order valence-electron chi connectivity index (χ3n) is 2.60. The van der Waals surface area contributed by atoms with Crippen LogP contribution in [-0.2, 0) is 14.3 Å². The molecule has 0 fully saturated rings. The second-order valence-corrected chi connectivity index (χ2v) is 5.87. The van der Waals surface area contributed by atoms with E-state index in [4.69, 9.17) is 0 Å². The Hall–Kier alpha value is -1.40. The molecular formula is C10H7F9O3S. The van der Waals surface area contributed by atoms with Gasteiger partial charge in [0.05, 0.1) is 0 Å². The van der Waals surface area contributed by atoms with Gasteiger partial charge in [0.2, 0.25) is 0 Å². The fourth-order valence-electron chi connectivity index (χ4n) is 1.35. The lowest BCUT2D eigenvalue weighted by Crippen LogP contribution is -2.63. The van der Waals surface area contributed by atoms with E-state index in [0.29, 0.717) is 6.42 Å². The van der Waals surface area contributed by atoms with Gasteiger partial charge < -0.3 is 4.18 Å². The highest BCUT2D eigenvalue weighted by atomic mass is 32.2. The molecule has 3 nitrogen and oxygen atoms in total. The molecule has 0 saturated heterocycles. The molecule has 0 amide bonds. The molecule has 0 bridgehead atoms. The topological polar surface area (TPSA) is 43.4 Å². The summed E-state index contributed by atoms with van der Waals surface area (Å²) < 4.78 is 139. The molecule has 0 aromatic rings. The van der Waals surface area contributed by atoms with Gasteiger partial charge in [0, 0.05) is 0 Å². The Bertz CT molecular complexity index is 616. The molecule has 1 aliphatic rings. The van der Waals surface area contributed by atoms with E-state index in [9.17, 15) is 47.9 Å². The van der Waals surface area contributed by atoms with Crippen LogP contribution >= 0.6 is 0 Å². The van der Waals surface area contributed by atoms with E-state index in [1.807, 2.05) is 0 Å². The van der Waals surface area contributed by atoms with E-state index < -0.39 is 39.2 Å². The fraction of sp³-hybridized carbons (Fsp3) is 0.600. The van der Waals surface area contributed by atoms with Crippen LogP contribution in [0.5, 0.6) is 0 Å². The number of allylic oxidation sites excluding steroid dienone is 3. The minimum atomic E-state index is -7.31. The Morgan fingerprint density at radius 2 is 1.39 bits per heavy atom. The Labute approximate surface area is 123 Å². The molecule has 1 rings (SSSR count). The first-order valence-corrected chi connectivity index (χ1v) is 6.99. The van der Waals surface area contributed by atoms with Crippen molar-refractivity contribution in [3.63, 3.8) is 0 Å². The summed E-state index contributed by atoms with van der Waals surface area (Å²) in [5.41, 5.74) is 0. The first-order valence-electron chi connectivity index (χ1n) is 5.59. The summed E-state index contributed by atoms with van der Waals surface area (Å²) in [6.45, 7) is 0. The molecule has 13 heteroatoms. The largest absolute Gasteiger partial charge is 0.460 e. The molecule has 0 aliphatic heterocycles. The first-order chi connectivity index (χ1) is 10.1. The molecule has 0 aromatic carbocycles. The summed E-state index contributed by atoms with van der Waals surface area (Å²) in [6.07, 6.45) is -3.93. The summed E-state index contributed by atoms with van der Waals surface area (Å²) in [5.74, 6) is -15.5. The molecule has 0 unspecified atom stereocenters. The van der Waals surface area contributed by atoms with Crippen LogP contribution in [0.25, 0.3) is 0 Å². The third kappa shape index (κ3) is 3.15. The van der Waals surface area contributed by atoms with Crippen molar-refractivity contribution in [2.24, 2.45) is 0 Å². The van der Waals surface area contributed by atoms with Crippen LogP contribution in [0, 0.1) is 0 Å². The minimum absolute atomic E-state index is 0.0576. The number of rotatable bonds is 5. The van der Waals surface area contributed by atoms with E-state index in [1.165, 1.54) is 6.08 Å². The monoisotopic (exact) mass is 378 g/mol. The molecule has 0 N–H and O–H groups in total. The van der Waals surface area contributed by atoms with Crippen LogP contribution in [0.2, 0.25) is 0 Å². The lowest BCUT2D eigenvalue weighted by atomic mass is 10.1. The third-order valence-corrected chi connectivity index (χ3v) is 3.89. The van der Waals surface area contributed by atoms with Crippen LogP contribution in [0.1, 0.15) is 12.8 Å². The smallest absolute Gasteiger partial charge is 0.378 e. The minimum Gasteiger partial charge on any atom is -0.378 e. The Morgan fingerprint density at radius 3 is 1.78 bits per heavy atom. The van der Waals surface area contributed by atoms with Crippen molar-refractivity contribution in [3.8, 4) is 0 Å². The normalized spacial score (nSPS) is 17.9. The zero-order chi connectivity index (χ0) is 18.3. The van der Waals surface area contributed by atoms with Crippen molar-refractivity contribution in [3.05, 3.63) is 24.0 Å². The molecule has 0 aromatic heterocycles. The summed E-state index contributed by atoms with van der Waals surface area (Å²) in [5, 5.41) is -6.84. The van der Waals surface area contributed by atoms with Crippen molar-refractivity contribution in [1.82, 2.24) is 0 Å². The quantitative estimate of drug-likeness (QED) is 0.537. The molecule has 0 radical (unpaired) electrons. The molecule has 134 valence electrons. The summed E-state index contributed by atoms with van der Waals surface area (Å²) in [6, 6.07) is 0. The second kappa shape index (κ2) is 5.60. The number of hydrogen-bond acceptors (Lipinski definition) is 3. The van der Waals surface area contributed by atoms with E-state index in [-0.39, 0.29) is 6.42 Å². The highest BCUT2D eigenvalue weighted by Gasteiger charge is 2.86. The molecule has 0 heterocycles. The average Bonchev–Trinajstić information content (AvgIpc) is 2.37. The van der Waals surface area contributed by atoms with Gasteiger partial charge in [-0.25, -0.2) is 0 Å². The van der Waals surface area contributed by atoms with Gasteiger partial charge in [0.1, 0.15) is 5.76 Å². The molecule has 0 saturated carbocycles. The number of hydrogen-bond donors (Lipinski definition) is 0. The number of alkyl halides is 9. The molecule has 23 heavy (non-hydrogen) atoms. The van der Waals surface area contributed by atoms with Gasteiger partial charge in [-0.2, -0.15) is 47.9 Å². The zero-order valence-corrected chi connectivity index (χ0v) is 11.5. The zero-order valence-electron chi connectivity index (χ0n) is 10.7. The predicted octanol–water partition coefficient (Wildman–Crippen LogP) is 3.99. The van der Waals surface area contributed by atoms with Gasteiger partial charge in [-0.05, 0) is 25.0 Å².